The molecule has 0 atom stereocenters. The first kappa shape index (κ1) is 18.0. The van der Waals surface area contributed by atoms with Crippen molar-refractivity contribution in [2.45, 2.75) is 19.8 Å². The fourth-order valence-corrected chi connectivity index (χ4v) is 3.32. The van der Waals surface area contributed by atoms with Crippen molar-refractivity contribution >= 4 is 29.0 Å². The zero-order valence-electron chi connectivity index (χ0n) is 15.9. The fourth-order valence-electron chi connectivity index (χ4n) is 3.32. The molecule has 0 N–H and O–H groups in total. The Morgan fingerprint density at radius 1 is 1.11 bits per heavy atom. The Balaban J connectivity index is 1.69. The predicted molar refractivity (Wildman–Crippen MR) is 109 cm³/mol. The van der Waals surface area contributed by atoms with Crippen LogP contribution < -0.4 is 14.2 Å². The van der Waals surface area contributed by atoms with Gasteiger partial charge in [0, 0.05) is 5.39 Å². The third-order valence-corrected chi connectivity index (χ3v) is 4.64. The first-order valence-electron chi connectivity index (χ1n) is 9.30. The van der Waals surface area contributed by atoms with Gasteiger partial charge in [-0.3, -0.25) is 4.79 Å². The highest BCUT2D eigenvalue weighted by Crippen LogP contribution is 2.37. The van der Waals surface area contributed by atoms with Crippen molar-refractivity contribution in [2.75, 3.05) is 13.7 Å². The van der Waals surface area contributed by atoms with E-state index < -0.39 is 0 Å². The van der Waals surface area contributed by atoms with Crippen molar-refractivity contribution in [3.63, 3.8) is 0 Å². The molecule has 1 aliphatic rings. The number of hydrogen-bond donors (Lipinski definition) is 0. The summed E-state index contributed by atoms with van der Waals surface area (Å²) in [7, 11) is 1.65. The monoisotopic (exact) mass is 375 g/mol. The molecule has 0 radical (unpaired) electrons. The summed E-state index contributed by atoms with van der Waals surface area (Å²) in [6.07, 6.45) is 4.99. The van der Waals surface area contributed by atoms with E-state index in [9.17, 15) is 4.79 Å². The second-order valence-electron chi connectivity index (χ2n) is 6.52. The molecule has 1 aromatic heterocycles. The van der Waals surface area contributed by atoms with Gasteiger partial charge in [-0.2, -0.15) is 0 Å². The van der Waals surface area contributed by atoms with Crippen molar-refractivity contribution in [3.05, 3.63) is 59.3 Å². The van der Waals surface area contributed by atoms with Crippen LogP contribution >= 0.6 is 0 Å². The zero-order valence-corrected chi connectivity index (χ0v) is 15.9. The first-order chi connectivity index (χ1) is 13.7. The Kier molecular flexibility index (Phi) is 4.98. The number of carbonyl (C=O) groups excluding carboxylic acids is 1. The summed E-state index contributed by atoms with van der Waals surface area (Å²) in [6, 6.07) is 13.8. The van der Waals surface area contributed by atoms with E-state index in [1.165, 1.54) is 0 Å². The number of carbonyl (C=O) groups is 1. The molecule has 5 heteroatoms. The van der Waals surface area contributed by atoms with Crippen molar-refractivity contribution in [3.8, 4) is 17.2 Å². The molecule has 0 saturated heterocycles. The number of fused-ring (bicyclic) bond motifs is 2. The second-order valence-corrected chi connectivity index (χ2v) is 6.52. The summed E-state index contributed by atoms with van der Waals surface area (Å²) in [5.41, 5.74) is 3.62. The summed E-state index contributed by atoms with van der Waals surface area (Å²) in [5.74, 6) is 1.68. The molecular weight excluding hydrogens is 354 g/mol. The van der Waals surface area contributed by atoms with Gasteiger partial charge in [-0.25, -0.2) is 4.98 Å². The summed E-state index contributed by atoms with van der Waals surface area (Å²) in [4.78, 5) is 16.3. The number of pyridine rings is 1. The van der Waals surface area contributed by atoms with Gasteiger partial charge in [0.1, 0.15) is 11.3 Å². The van der Waals surface area contributed by atoms with E-state index in [2.05, 4.69) is 0 Å². The molecule has 142 valence electrons. The van der Waals surface area contributed by atoms with Crippen LogP contribution in [0.5, 0.6) is 17.2 Å². The quantitative estimate of drug-likeness (QED) is 0.479. The Morgan fingerprint density at radius 3 is 2.82 bits per heavy atom. The van der Waals surface area contributed by atoms with Gasteiger partial charge in [-0.15, -0.1) is 0 Å². The molecule has 2 heterocycles. The lowest BCUT2D eigenvalue weighted by atomic mass is 10.0. The topological polar surface area (TPSA) is 57.6 Å². The fraction of sp³-hybridized carbons (Fsp3) is 0.217. The standard InChI is InChI=1S/C23H21NO4/c1-3-27-20-14-15(13-17-9-12-21(25)28-23(17)20)7-10-18-11-8-16-5-4-6-19(26-2)22(16)24-18/h4-8,10-11,13-14H,3,9,12H2,1-2H3. The normalized spacial score (nSPS) is 13.4. The summed E-state index contributed by atoms with van der Waals surface area (Å²) >= 11 is 0. The molecule has 0 amide bonds. The zero-order chi connectivity index (χ0) is 19.5. The SMILES string of the molecule is CCOc1cc(C=Cc2ccc3cccc(OC)c3n2)cc2c1OC(=O)CC2. The minimum Gasteiger partial charge on any atom is -0.494 e. The van der Waals surface area contributed by atoms with E-state index >= 15 is 0 Å². The highest BCUT2D eigenvalue weighted by Gasteiger charge is 2.22. The van der Waals surface area contributed by atoms with Gasteiger partial charge in [0.25, 0.3) is 0 Å². The van der Waals surface area contributed by atoms with Crippen LogP contribution in [0.2, 0.25) is 0 Å². The van der Waals surface area contributed by atoms with Crippen LogP contribution in [0.1, 0.15) is 30.2 Å². The average Bonchev–Trinajstić information content (AvgIpc) is 2.72. The van der Waals surface area contributed by atoms with Gasteiger partial charge in [-0.1, -0.05) is 24.3 Å². The summed E-state index contributed by atoms with van der Waals surface area (Å²) in [5, 5.41) is 1.03. The summed E-state index contributed by atoms with van der Waals surface area (Å²) in [6.45, 7) is 2.41. The minimum atomic E-state index is -0.217. The number of rotatable bonds is 5. The molecule has 2 aromatic carbocycles. The van der Waals surface area contributed by atoms with Crippen LogP contribution in [-0.4, -0.2) is 24.7 Å². The molecule has 28 heavy (non-hydrogen) atoms. The third-order valence-electron chi connectivity index (χ3n) is 4.64. The third kappa shape index (κ3) is 3.56. The van der Waals surface area contributed by atoms with Gasteiger partial charge in [0.05, 0.1) is 25.8 Å². The largest absolute Gasteiger partial charge is 0.494 e. The number of hydrogen-bond acceptors (Lipinski definition) is 5. The van der Waals surface area contributed by atoms with Gasteiger partial charge < -0.3 is 14.2 Å². The van der Waals surface area contributed by atoms with E-state index in [0.717, 1.165) is 33.5 Å². The van der Waals surface area contributed by atoms with E-state index in [1.54, 1.807) is 7.11 Å². The maximum atomic E-state index is 11.6. The molecule has 3 aromatic rings. The minimum absolute atomic E-state index is 0.217. The van der Waals surface area contributed by atoms with E-state index in [4.69, 9.17) is 19.2 Å². The number of aryl methyl sites for hydroxylation is 1. The molecule has 1 aliphatic heterocycles. The average molecular weight is 375 g/mol. The second kappa shape index (κ2) is 7.72. The van der Waals surface area contributed by atoms with Crippen LogP contribution in [0.3, 0.4) is 0 Å². The van der Waals surface area contributed by atoms with Crippen molar-refractivity contribution in [1.82, 2.24) is 4.98 Å². The number of benzene rings is 2. The van der Waals surface area contributed by atoms with E-state index in [1.807, 2.05) is 61.5 Å². The lowest BCUT2D eigenvalue weighted by molar-refractivity contribution is -0.135. The molecule has 0 saturated carbocycles. The number of ether oxygens (including phenoxy) is 3. The molecular formula is C23H21NO4. The van der Waals surface area contributed by atoms with Crippen LogP contribution in [-0.2, 0) is 11.2 Å². The van der Waals surface area contributed by atoms with Gasteiger partial charge in [0.2, 0.25) is 0 Å². The van der Waals surface area contributed by atoms with Crippen molar-refractivity contribution in [2.24, 2.45) is 0 Å². The molecule has 0 bridgehead atoms. The maximum absolute atomic E-state index is 11.6. The molecule has 0 spiro atoms. The number of para-hydroxylation sites is 1. The van der Waals surface area contributed by atoms with Crippen LogP contribution in [0.15, 0.2) is 42.5 Å². The number of nitrogens with zero attached hydrogens (tertiary/aromatic N) is 1. The smallest absolute Gasteiger partial charge is 0.311 e. The molecule has 0 fully saturated rings. The lowest BCUT2D eigenvalue weighted by Gasteiger charge is -2.19. The van der Waals surface area contributed by atoms with Crippen molar-refractivity contribution < 1.29 is 19.0 Å². The van der Waals surface area contributed by atoms with Crippen LogP contribution in [0.4, 0.5) is 0 Å². The predicted octanol–water partition coefficient (Wildman–Crippen LogP) is 4.66. The number of methoxy groups -OCH3 is 1. The molecule has 4 rings (SSSR count). The Morgan fingerprint density at radius 2 is 2.00 bits per heavy atom. The summed E-state index contributed by atoms with van der Waals surface area (Å²) < 4.78 is 16.5. The van der Waals surface area contributed by atoms with Gasteiger partial charge in [-0.05, 0) is 54.8 Å². The maximum Gasteiger partial charge on any atom is 0.311 e. The van der Waals surface area contributed by atoms with Crippen LogP contribution in [0, 0.1) is 0 Å². The highest BCUT2D eigenvalue weighted by molar-refractivity contribution is 5.86. The van der Waals surface area contributed by atoms with Gasteiger partial charge >= 0.3 is 5.97 Å². The molecule has 0 unspecified atom stereocenters. The lowest BCUT2D eigenvalue weighted by Crippen LogP contribution is -2.17. The van der Waals surface area contributed by atoms with Gasteiger partial charge in [0.15, 0.2) is 11.5 Å². The highest BCUT2D eigenvalue weighted by atomic mass is 16.6. The molecule has 0 aliphatic carbocycles. The van der Waals surface area contributed by atoms with Crippen LogP contribution in [0.25, 0.3) is 23.1 Å². The molecule has 5 nitrogen and oxygen atoms in total. The van der Waals surface area contributed by atoms with E-state index in [0.29, 0.717) is 30.9 Å². The van der Waals surface area contributed by atoms with E-state index in [-0.39, 0.29) is 5.97 Å². The number of aromatic nitrogens is 1. The Bertz CT molecular complexity index is 1070. The Labute approximate surface area is 163 Å². The number of esters is 1. The first-order valence-corrected chi connectivity index (χ1v) is 9.30. The van der Waals surface area contributed by atoms with Crippen molar-refractivity contribution in [1.29, 1.82) is 0 Å². The Hall–Kier alpha value is -3.34.